The van der Waals surface area contributed by atoms with Gasteiger partial charge >= 0.3 is 0 Å². The minimum atomic E-state index is -0.238. The van der Waals surface area contributed by atoms with Gasteiger partial charge in [-0.15, -0.1) is 0 Å². The Morgan fingerprint density at radius 1 is 1.26 bits per heavy atom. The van der Waals surface area contributed by atoms with Gasteiger partial charge in [-0.05, 0) is 29.7 Å². The van der Waals surface area contributed by atoms with Gasteiger partial charge in [0.15, 0.2) is 0 Å². The Labute approximate surface area is 162 Å². The van der Waals surface area contributed by atoms with E-state index in [-0.39, 0.29) is 5.91 Å². The molecule has 0 unspecified atom stereocenters. The summed E-state index contributed by atoms with van der Waals surface area (Å²) >= 11 is 6.37. The molecular formula is C21H17ClN4O. The molecule has 0 saturated carbocycles. The van der Waals surface area contributed by atoms with Crippen molar-refractivity contribution >= 4 is 34.0 Å². The number of nitrogens with zero attached hydrogens (tertiary/aromatic N) is 2. The Hall–Kier alpha value is -3.36. The van der Waals surface area contributed by atoms with Crippen molar-refractivity contribution in [1.82, 2.24) is 10.3 Å². The summed E-state index contributed by atoms with van der Waals surface area (Å²) in [7, 11) is 1.57. The molecule has 134 valence electrons. The molecule has 0 aliphatic heterocycles. The van der Waals surface area contributed by atoms with Gasteiger partial charge in [0.2, 0.25) is 0 Å². The molecular weight excluding hydrogens is 360 g/mol. The Morgan fingerprint density at radius 3 is 2.78 bits per heavy atom. The third-order valence-electron chi connectivity index (χ3n) is 4.11. The van der Waals surface area contributed by atoms with Crippen molar-refractivity contribution < 1.29 is 4.79 Å². The van der Waals surface area contributed by atoms with Crippen LogP contribution in [0.25, 0.3) is 22.0 Å². The highest BCUT2D eigenvalue weighted by Gasteiger charge is 2.11. The summed E-state index contributed by atoms with van der Waals surface area (Å²) in [5.74, 6) is -0.238. The van der Waals surface area contributed by atoms with E-state index in [1.807, 2.05) is 42.5 Å². The molecule has 2 aromatic carbocycles. The molecule has 1 aromatic heterocycles. The second-order valence-electron chi connectivity index (χ2n) is 5.91. The smallest absolute Gasteiger partial charge is 0.269 e. The number of anilines is 1. The first-order valence-corrected chi connectivity index (χ1v) is 8.65. The van der Waals surface area contributed by atoms with Crippen molar-refractivity contribution in [1.29, 1.82) is 5.26 Å². The lowest BCUT2D eigenvalue weighted by Gasteiger charge is -2.13. The molecule has 0 saturated heterocycles. The Morgan fingerprint density at radius 2 is 2.04 bits per heavy atom. The number of nitrogens with one attached hydrogen (secondary N) is 2. The van der Waals surface area contributed by atoms with Crippen molar-refractivity contribution in [2.75, 3.05) is 18.9 Å². The first-order chi connectivity index (χ1) is 13.0. The fourth-order valence-electron chi connectivity index (χ4n) is 2.72. The van der Waals surface area contributed by atoms with Gasteiger partial charge in [0.25, 0.3) is 5.91 Å². The molecule has 1 heterocycles. The Balaban J connectivity index is 2.08. The number of benzene rings is 2. The molecule has 6 heteroatoms. The van der Waals surface area contributed by atoms with Crippen molar-refractivity contribution in [2.45, 2.75) is 0 Å². The number of aromatic nitrogens is 1. The zero-order valence-electron chi connectivity index (χ0n) is 14.7. The van der Waals surface area contributed by atoms with Crippen molar-refractivity contribution in [3.05, 3.63) is 71.4 Å². The zero-order valence-corrected chi connectivity index (χ0v) is 15.5. The van der Waals surface area contributed by atoms with Crippen LogP contribution in [0.5, 0.6) is 0 Å². The highest BCUT2D eigenvalue weighted by Crippen LogP contribution is 2.34. The monoisotopic (exact) mass is 376 g/mol. The summed E-state index contributed by atoms with van der Waals surface area (Å²) in [6, 6.07) is 17.0. The fraction of sp³-hybridized carbons (Fsp3) is 0.0952. The molecule has 27 heavy (non-hydrogen) atoms. The number of carbonyl (C=O) groups is 1. The van der Waals surface area contributed by atoms with Gasteiger partial charge in [-0.1, -0.05) is 42.4 Å². The third kappa shape index (κ3) is 3.91. The first kappa shape index (κ1) is 18.4. The summed E-state index contributed by atoms with van der Waals surface area (Å²) in [5.41, 5.74) is 3.04. The first-order valence-electron chi connectivity index (χ1n) is 8.27. The Bertz CT molecular complexity index is 1090. The van der Waals surface area contributed by atoms with E-state index in [0.717, 1.165) is 22.0 Å². The summed E-state index contributed by atoms with van der Waals surface area (Å²) in [4.78, 5) is 16.3. The molecule has 0 aliphatic carbocycles. The summed E-state index contributed by atoms with van der Waals surface area (Å²) in [6.45, 7) is 3.99. The fourth-order valence-corrected chi connectivity index (χ4v) is 2.95. The quantitative estimate of drug-likeness (QED) is 0.647. The largest absolute Gasteiger partial charge is 0.379 e. The van der Waals surface area contributed by atoms with Crippen LogP contribution in [0, 0.1) is 11.3 Å². The maximum Gasteiger partial charge on any atom is 0.269 e. The maximum absolute atomic E-state index is 11.8. The van der Waals surface area contributed by atoms with Crippen molar-refractivity contribution in [3.63, 3.8) is 0 Å². The van der Waals surface area contributed by atoms with E-state index in [4.69, 9.17) is 16.9 Å². The molecule has 0 atom stereocenters. The highest BCUT2D eigenvalue weighted by atomic mass is 35.5. The number of pyridine rings is 1. The van der Waals surface area contributed by atoms with E-state index in [1.54, 1.807) is 19.2 Å². The third-order valence-corrected chi connectivity index (χ3v) is 4.43. The SMILES string of the molecule is C=C(C#N)CNc1c(Cl)ccc2ccc(-c3cccc(C(=O)NC)n3)cc12. The van der Waals surface area contributed by atoms with Gasteiger partial charge in [0, 0.05) is 30.1 Å². The highest BCUT2D eigenvalue weighted by molar-refractivity contribution is 6.35. The second-order valence-corrected chi connectivity index (χ2v) is 6.32. The average Bonchev–Trinajstić information content (AvgIpc) is 2.71. The number of nitriles is 1. The molecule has 0 spiro atoms. The standard InChI is InChI=1S/C21H17ClN4O/c1-13(11-23)12-25-20-16-10-15(7-6-14(16)8-9-17(20)22)18-4-3-5-19(26-18)21(27)24-2/h3-10,25H,1,12H2,2H3,(H,24,27). The number of hydrogen-bond donors (Lipinski definition) is 2. The molecule has 3 aromatic rings. The van der Waals surface area contributed by atoms with E-state index < -0.39 is 0 Å². The lowest BCUT2D eigenvalue weighted by Crippen LogP contribution is -2.19. The lowest BCUT2D eigenvalue weighted by molar-refractivity contribution is 0.0958. The van der Waals surface area contributed by atoms with Crippen molar-refractivity contribution in [2.24, 2.45) is 0 Å². The van der Waals surface area contributed by atoms with E-state index in [1.165, 1.54) is 0 Å². The lowest BCUT2D eigenvalue weighted by atomic mass is 10.0. The van der Waals surface area contributed by atoms with Crippen LogP contribution in [0.2, 0.25) is 5.02 Å². The Kier molecular flexibility index (Phi) is 5.39. The average molecular weight is 377 g/mol. The van der Waals surface area contributed by atoms with Crippen LogP contribution in [0.4, 0.5) is 5.69 Å². The van der Waals surface area contributed by atoms with Crippen LogP contribution in [-0.4, -0.2) is 24.5 Å². The molecule has 0 radical (unpaired) electrons. The van der Waals surface area contributed by atoms with Gasteiger partial charge in [-0.2, -0.15) is 5.26 Å². The predicted octanol–water partition coefficient (Wildman–Crippen LogP) is 4.41. The molecule has 1 amide bonds. The van der Waals surface area contributed by atoms with E-state index in [9.17, 15) is 4.79 Å². The molecule has 2 N–H and O–H groups in total. The van der Waals surface area contributed by atoms with Crippen LogP contribution >= 0.6 is 11.6 Å². The molecule has 0 bridgehead atoms. The molecule has 5 nitrogen and oxygen atoms in total. The summed E-state index contributed by atoms with van der Waals surface area (Å²) < 4.78 is 0. The summed E-state index contributed by atoms with van der Waals surface area (Å²) in [6.07, 6.45) is 0. The maximum atomic E-state index is 11.8. The second kappa shape index (κ2) is 7.90. The van der Waals surface area contributed by atoms with Gasteiger partial charge < -0.3 is 10.6 Å². The molecule has 0 aliphatic rings. The number of halogens is 1. The topological polar surface area (TPSA) is 77.8 Å². The van der Waals surface area contributed by atoms with E-state index in [0.29, 0.717) is 28.5 Å². The van der Waals surface area contributed by atoms with Gasteiger partial charge in [0.05, 0.1) is 22.5 Å². The van der Waals surface area contributed by atoms with Crippen molar-refractivity contribution in [3.8, 4) is 17.3 Å². The summed E-state index contributed by atoms with van der Waals surface area (Å²) in [5, 5.41) is 17.1. The van der Waals surface area contributed by atoms with Crippen LogP contribution in [0.1, 0.15) is 10.5 Å². The van der Waals surface area contributed by atoms with Crippen LogP contribution in [0.15, 0.2) is 60.7 Å². The number of rotatable bonds is 5. The minimum Gasteiger partial charge on any atom is -0.379 e. The number of amides is 1. The zero-order chi connectivity index (χ0) is 19.4. The van der Waals surface area contributed by atoms with E-state index >= 15 is 0 Å². The van der Waals surface area contributed by atoms with Gasteiger partial charge in [-0.3, -0.25) is 4.79 Å². The molecule has 3 rings (SSSR count). The normalized spacial score (nSPS) is 10.3. The van der Waals surface area contributed by atoms with Gasteiger partial charge in [-0.25, -0.2) is 4.98 Å². The number of hydrogen-bond acceptors (Lipinski definition) is 4. The van der Waals surface area contributed by atoms with Gasteiger partial charge in [0.1, 0.15) is 5.69 Å². The number of fused-ring (bicyclic) bond motifs is 1. The van der Waals surface area contributed by atoms with Crippen LogP contribution in [0.3, 0.4) is 0 Å². The molecule has 0 fully saturated rings. The predicted molar refractivity (Wildman–Crippen MR) is 109 cm³/mol. The van der Waals surface area contributed by atoms with Crippen LogP contribution < -0.4 is 10.6 Å². The minimum absolute atomic E-state index is 0.238. The van der Waals surface area contributed by atoms with E-state index in [2.05, 4.69) is 22.2 Å². The van der Waals surface area contributed by atoms with Crippen LogP contribution in [-0.2, 0) is 0 Å². The number of carbonyl (C=O) groups excluding carboxylic acids is 1.